The third kappa shape index (κ3) is 3.41. The lowest BCUT2D eigenvalue weighted by molar-refractivity contribution is 0.344. The number of hydrogen-bond acceptors (Lipinski definition) is 5. The van der Waals surface area contributed by atoms with Crippen LogP contribution in [0.2, 0.25) is 5.02 Å². The number of halogens is 1. The summed E-state index contributed by atoms with van der Waals surface area (Å²) >= 11 is 7.88. The number of anilines is 1. The fraction of sp³-hybridized carbons (Fsp3) is 0.294. The van der Waals surface area contributed by atoms with Gasteiger partial charge in [0.1, 0.15) is 11.4 Å². The Morgan fingerprint density at radius 2 is 2.09 bits per heavy atom. The molecule has 0 bridgehead atoms. The van der Waals surface area contributed by atoms with E-state index in [0.29, 0.717) is 17.7 Å². The summed E-state index contributed by atoms with van der Waals surface area (Å²) in [6.45, 7) is 6.72. The van der Waals surface area contributed by atoms with E-state index in [2.05, 4.69) is 29.1 Å². The number of fused-ring (bicyclic) bond motifs is 1. The van der Waals surface area contributed by atoms with Crippen molar-refractivity contribution >= 4 is 39.0 Å². The maximum atomic E-state index is 6.31. The second-order valence-electron chi connectivity index (χ2n) is 5.41. The minimum absolute atomic E-state index is 0.340. The summed E-state index contributed by atoms with van der Waals surface area (Å²) in [5, 5.41) is 7.71. The second kappa shape index (κ2) is 6.72. The van der Waals surface area contributed by atoms with Crippen LogP contribution < -0.4 is 10.1 Å². The molecule has 1 aromatic carbocycles. The molecule has 6 heteroatoms. The van der Waals surface area contributed by atoms with Crippen LogP contribution in [-0.2, 0) is 0 Å². The third-order valence-corrected chi connectivity index (χ3v) is 4.31. The maximum Gasteiger partial charge on any atom is 0.183 e. The highest BCUT2D eigenvalue weighted by molar-refractivity contribution is 7.14. The van der Waals surface area contributed by atoms with Gasteiger partial charge in [-0.25, -0.2) is 9.97 Å². The normalized spacial score (nSPS) is 11.2. The van der Waals surface area contributed by atoms with Gasteiger partial charge in [0.15, 0.2) is 5.13 Å². The Labute approximate surface area is 144 Å². The van der Waals surface area contributed by atoms with Crippen LogP contribution in [0.25, 0.3) is 22.3 Å². The summed E-state index contributed by atoms with van der Waals surface area (Å²) in [6, 6.07) is 7.98. The molecule has 0 atom stereocenters. The Kier molecular flexibility index (Phi) is 4.68. The van der Waals surface area contributed by atoms with Crippen molar-refractivity contribution in [1.29, 1.82) is 0 Å². The molecular formula is C17H18ClN3OS. The van der Waals surface area contributed by atoms with E-state index in [1.165, 1.54) is 0 Å². The van der Waals surface area contributed by atoms with Gasteiger partial charge in [-0.05, 0) is 32.9 Å². The van der Waals surface area contributed by atoms with Crippen molar-refractivity contribution in [2.24, 2.45) is 0 Å². The van der Waals surface area contributed by atoms with Gasteiger partial charge in [-0.2, -0.15) is 0 Å². The molecule has 0 radical (unpaired) electrons. The molecule has 1 N–H and O–H groups in total. The van der Waals surface area contributed by atoms with Gasteiger partial charge in [0.25, 0.3) is 0 Å². The molecule has 0 fully saturated rings. The van der Waals surface area contributed by atoms with Crippen LogP contribution in [0.4, 0.5) is 5.13 Å². The quantitative estimate of drug-likeness (QED) is 0.686. The summed E-state index contributed by atoms with van der Waals surface area (Å²) in [6.07, 6.45) is 0. The molecule has 23 heavy (non-hydrogen) atoms. The number of para-hydroxylation sites is 1. The van der Waals surface area contributed by atoms with Crippen molar-refractivity contribution in [2.45, 2.75) is 26.8 Å². The van der Waals surface area contributed by atoms with E-state index >= 15 is 0 Å². The van der Waals surface area contributed by atoms with E-state index in [0.717, 1.165) is 33.2 Å². The Morgan fingerprint density at radius 1 is 1.26 bits per heavy atom. The van der Waals surface area contributed by atoms with Crippen LogP contribution in [0.15, 0.2) is 29.6 Å². The van der Waals surface area contributed by atoms with Gasteiger partial charge >= 0.3 is 0 Å². The molecule has 0 aliphatic rings. The molecule has 3 aromatic rings. The molecule has 4 nitrogen and oxygen atoms in total. The van der Waals surface area contributed by atoms with Crippen LogP contribution in [0, 0.1) is 0 Å². The number of aromatic nitrogens is 2. The average Bonchev–Trinajstić information content (AvgIpc) is 2.96. The zero-order valence-corrected chi connectivity index (χ0v) is 14.8. The Hall–Kier alpha value is -1.85. The van der Waals surface area contributed by atoms with Gasteiger partial charge in [-0.1, -0.05) is 17.7 Å². The first-order valence-electron chi connectivity index (χ1n) is 7.53. The zero-order chi connectivity index (χ0) is 16.4. The number of rotatable bonds is 5. The minimum Gasteiger partial charge on any atom is -0.493 e. The summed E-state index contributed by atoms with van der Waals surface area (Å²) in [5.41, 5.74) is 2.32. The fourth-order valence-electron chi connectivity index (χ4n) is 2.29. The van der Waals surface area contributed by atoms with Crippen LogP contribution in [0.3, 0.4) is 0 Å². The van der Waals surface area contributed by atoms with Crippen LogP contribution in [0.5, 0.6) is 5.75 Å². The number of benzene rings is 1. The third-order valence-electron chi connectivity index (χ3n) is 3.23. The van der Waals surface area contributed by atoms with Crippen LogP contribution >= 0.6 is 22.9 Å². The first kappa shape index (κ1) is 16.0. The maximum absolute atomic E-state index is 6.31. The fourth-order valence-corrected chi connectivity index (χ4v) is 3.36. The minimum atomic E-state index is 0.340. The highest BCUT2D eigenvalue weighted by atomic mass is 35.5. The molecule has 2 aromatic heterocycles. The van der Waals surface area contributed by atoms with E-state index < -0.39 is 0 Å². The van der Waals surface area contributed by atoms with Gasteiger partial charge in [-0.3, -0.25) is 0 Å². The Bertz CT molecular complexity index is 832. The highest BCUT2D eigenvalue weighted by Gasteiger charge is 2.13. The molecule has 0 aliphatic carbocycles. The van der Waals surface area contributed by atoms with Gasteiger partial charge in [0, 0.05) is 22.9 Å². The molecule has 0 unspecified atom stereocenters. The summed E-state index contributed by atoms with van der Waals surface area (Å²) in [5.74, 6) is 0.779. The van der Waals surface area contributed by atoms with E-state index in [1.54, 1.807) is 11.3 Å². The lowest BCUT2D eigenvalue weighted by Crippen LogP contribution is -2.09. The van der Waals surface area contributed by atoms with Crippen molar-refractivity contribution < 1.29 is 4.74 Å². The van der Waals surface area contributed by atoms with Crippen molar-refractivity contribution in [3.63, 3.8) is 0 Å². The van der Waals surface area contributed by atoms with Gasteiger partial charge < -0.3 is 10.1 Å². The second-order valence-corrected chi connectivity index (χ2v) is 6.68. The zero-order valence-electron chi connectivity index (χ0n) is 13.3. The van der Waals surface area contributed by atoms with E-state index in [9.17, 15) is 0 Å². The topological polar surface area (TPSA) is 47.0 Å². The van der Waals surface area contributed by atoms with Crippen molar-refractivity contribution in [1.82, 2.24) is 9.97 Å². The molecule has 2 heterocycles. The van der Waals surface area contributed by atoms with Crippen molar-refractivity contribution in [3.8, 4) is 17.1 Å². The molecule has 0 amide bonds. The number of nitrogens with zero attached hydrogens (tertiary/aromatic N) is 2. The molecule has 3 rings (SSSR count). The summed E-state index contributed by atoms with van der Waals surface area (Å²) in [4.78, 5) is 9.29. The van der Waals surface area contributed by atoms with Gasteiger partial charge in [-0.15, -0.1) is 11.3 Å². The summed E-state index contributed by atoms with van der Waals surface area (Å²) in [7, 11) is 0. The lowest BCUT2D eigenvalue weighted by Gasteiger charge is -2.10. The molecule has 0 saturated carbocycles. The largest absolute Gasteiger partial charge is 0.493 e. The van der Waals surface area contributed by atoms with Crippen molar-refractivity contribution in [3.05, 3.63) is 34.7 Å². The Morgan fingerprint density at radius 3 is 2.83 bits per heavy atom. The first-order chi connectivity index (χ1) is 11.1. The van der Waals surface area contributed by atoms with Crippen LogP contribution in [-0.4, -0.2) is 22.6 Å². The number of nitrogens with one attached hydrogen (secondary N) is 1. The summed E-state index contributed by atoms with van der Waals surface area (Å²) < 4.78 is 5.77. The number of ether oxygens (including phenoxy) is 1. The SMILES string of the molecule is CCOc1cc(-c2csc(NC(C)C)n2)nc2c(Cl)cccc12. The average molecular weight is 348 g/mol. The molecule has 120 valence electrons. The number of hydrogen-bond donors (Lipinski definition) is 1. The highest BCUT2D eigenvalue weighted by Crippen LogP contribution is 2.34. The van der Waals surface area contributed by atoms with E-state index in [-0.39, 0.29) is 0 Å². The lowest BCUT2D eigenvalue weighted by atomic mass is 10.1. The van der Waals surface area contributed by atoms with Gasteiger partial charge in [0.05, 0.1) is 22.8 Å². The Balaban J connectivity index is 2.10. The van der Waals surface area contributed by atoms with Crippen molar-refractivity contribution in [2.75, 3.05) is 11.9 Å². The number of pyridine rings is 1. The molecule has 0 aliphatic heterocycles. The molecule has 0 spiro atoms. The predicted octanol–water partition coefficient (Wildman–Crippen LogP) is 5.23. The first-order valence-corrected chi connectivity index (χ1v) is 8.78. The standard InChI is InChI=1S/C17H18ClN3OS/c1-4-22-15-8-13(14-9-23-17(21-14)19-10(2)3)20-16-11(15)6-5-7-12(16)18/h5-10H,4H2,1-3H3,(H,19,21). The number of thiazole rings is 1. The molecular weight excluding hydrogens is 330 g/mol. The predicted molar refractivity (Wildman–Crippen MR) is 97.8 cm³/mol. The van der Waals surface area contributed by atoms with Crippen LogP contribution in [0.1, 0.15) is 20.8 Å². The van der Waals surface area contributed by atoms with Gasteiger partial charge in [0.2, 0.25) is 0 Å². The smallest absolute Gasteiger partial charge is 0.183 e. The monoisotopic (exact) mass is 347 g/mol. The molecule has 0 saturated heterocycles. The van der Waals surface area contributed by atoms with E-state index in [1.807, 2.05) is 36.6 Å². The van der Waals surface area contributed by atoms with E-state index in [4.69, 9.17) is 16.3 Å².